The van der Waals surface area contributed by atoms with Gasteiger partial charge in [-0.25, -0.2) is 4.98 Å². The number of benzene rings is 2. The van der Waals surface area contributed by atoms with Crippen LogP contribution in [-0.2, 0) is 0 Å². The van der Waals surface area contributed by atoms with Crippen molar-refractivity contribution in [2.24, 2.45) is 4.99 Å². The molecule has 0 radical (unpaired) electrons. The Hall–Kier alpha value is -4.00. The quantitative estimate of drug-likeness (QED) is 0.393. The molecule has 0 fully saturated rings. The van der Waals surface area contributed by atoms with Crippen LogP contribution in [0.3, 0.4) is 0 Å². The zero-order valence-electron chi connectivity index (χ0n) is 15.8. The number of fused-ring (bicyclic) bond motifs is 1. The highest BCUT2D eigenvalue weighted by Crippen LogP contribution is 2.21. The van der Waals surface area contributed by atoms with E-state index in [-0.39, 0.29) is 5.91 Å². The fourth-order valence-electron chi connectivity index (χ4n) is 2.94. The van der Waals surface area contributed by atoms with E-state index < -0.39 is 0 Å². The first kappa shape index (κ1) is 18.4. The molecular formula is C22H19N5O2. The molecule has 4 rings (SSSR count). The van der Waals surface area contributed by atoms with Crippen LogP contribution in [0.2, 0.25) is 0 Å². The molecule has 2 heterocycles. The highest BCUT2D eigenvalue weighted by Gasteiger charge is 2.14. The molecule has 0 spiro atoms. The Labute approximate surface area is 167 Å². The second-order valence-electron chi connectivity index (χ2n) is 6.21. The number of aromatic nitrogens is 2. The van der Waals surface area contributed by atoms with Crippen molar-refractivity contribution >= 4 is 34.2 Å². The van der Waals surface area contributed by atoms with Crippen molar-refractivity contribution in [3.63, 3.8) is 0 Å². The van der Waals surface area contributed by atoms with Crippen LogP contribution < -0.4 is 10.6 Å². The summed E-state index contributed by atoms with van der Waals surface area (Å²) in [6.45, 7) is 2.56. The van der Waals surface area contributed by atoms with Crippen molar-refractivity contribution in [1.82, 2.24) is 9.97 Å². The summed E-state index contributed by atoms with van der Waals surface area (Å²) in [5, 5.41) is 7.06. The van der Waals surface area contributed by atoms with E-state index in [0.29, 0.717) is 29.4 Å². The van der Waals surface area contributed by atoms with Gasteiger partial charge >= 0.3 is 0 Å². The Kier molecular flexibility index (Phi) is 5.29. The molecule has 0 aliphatic carbocycles. The lowest BCUT2D eigenvalue weighted by molar-refractivity contribution is 0.102. The standard InChI is InChI=1S/C22H19N5O2/c1-2-24-21(16-7-8-19-15(13-16)9-12-29-19)26-18-6-4-3-5-17(18)22(28)27-20-14-23-10-11-25-20/h3-14H,2H2,1H3,(H,24,26)(H,25,27,28). The maximum Gasteiger partial charge on any atom is 0.258 e. The van der Waals surface area contributed by atoms with Gasteiger partial charge in [0.05, 0.1) is 23.7 Å². The Morgan fingerprint density at radius 2 is 2.00 bits per heavy atom. The van der Waals surface area contributed by atoms with Gasteiger partial charge in [-0.1, -0.05) is 12.1 Å². The van der Waals surface area contributed by atoms with Gasteiger partial charge in [-0.05, 0) is 43.3 Å². The molecule has 2 aromatic carbocycles. The summed E-state index contributed by atoms with van der Waals surface area (Å²) in [6.07, 6.45) is 6.23. The lowest BCUT2D eigenvalue weighted by Gasteiger charge is -2.14. The predicted molar refractivity (Wildman–Crippen MR) is 113 cm³/mol. The minimum Gasteiger partial charge on any atom is -0.464 e. The molecule has 2 aromatic heterocycles. The van der Waals surface area contributed by atoms with Gasteiger partial charge in [0.15, 0.2) is 5.82 Å². The maximum absolute atomic E-state index is 12.8. The topological polar surface area (TPSA) is 92.4 Å². The molecular weight excluding hydrogens is 366 g/mol. The fraction of sp³-hybridized carbons (Fsp3) is 0.0909. The molecule has 0 aliphatic rings. The van der Waals surface area contributed by atoms with Crippen molar-refractivity contribution in [3.05, 3.63) is 84.5 Å². The average Bonchev–Trinajstić information content (AvgIpc) is 3.22. The molecule has 7 heteroatoms. The minimum atomic E-state index is -0.283. The van der Waals surface area contributed by atoms with Gasteiger partial charge in [0, 0.05) is 29.9 Å². The zero-order chi connectivity index (χ0) is 20.1. The molecule has 7 nitrogen and oxygen atoms in total. The van der Waals surface area contributed by atoms with Crippen LogP contribution in [0.15, 0.2) is 82.8 Å². The number of hydrogen-bond acceptors (Lipinski definition) is 5. The maximum atomic E-state index is 12.8. The Morgan fingerprint density at radius 1 is 1.10 bits per heavy atom. The minimum absolute atomic E-state index is 0.283. The van der Waals surface area contributed by atoms with Crippen LogP contribution in [-0.4, -0.2) is 28.3 Å². The summed E-state index contributed by atoms with van der Waals surface area (Å²) < 4.78 is 5.41. The molecule has 0 saturated heterocycles. The van der Waals surface area contributed by atoms with Crippen LogP contribution >= 0.6 is 0 Å². The van der Waals surface area contributed by atoms with E-state index in [1.807, 2.05) is 49.4 Å². The normalized spacial score (nSPS) is 11.4. The molecule has 0 saturated carbocycles. The molecule has 1 amide bonds. The largest absolute Gasteiger partial charge is 0.464 e. The molecule has 0 atom stereocenters. The SMILES string of the molecule is CCN=C(Nc1ccccc1C(=O)Nc1cnccn1)c1ccc2occc2c1. The third kappa shape index (κ3) is 4.14. The average molecular weight is 385 g/mol. The number of hydrogen-bond donors (Lipinski definition) is 2. The number of carbonyl (C=O) groups excluding carboxylic acids is 1. The van der Waals surface area contributed by atoms with Crippen molar-refractivity contribution in [1.29, 1.82) is 0 Å². The second-order valence-corrected chi connectivity index (χ2v) is 6.21. The number of para-hydroxylation sites is 1. The van der Waals surface area contributed by atoms with E-state index in [4.69, 9.17) is 4.42 Å². The van der Waals surface area contributed by atoms with Crippen LogP contribution in [0.5, 0.6) is 0 Å². The second kappa shape index (κ2) is 8.35. The van der Waals surface area contributed by atoms with Gasteiger partial charge in [-0.15, -0.1) is 0 Å². The number of anilines is 2. The first-order chi connectivity index (χ1) is 14.2. The molecule has 29 heavy (non-hydrogen) atoms. The van der Waals surface area contributed by atoms with Crippen LogP contribution in [0.1, 0.15) is 22.8 Å². The summed E-state index contributed by atoms with van der Waals surface area (Å²) in [5.41, 5.74) is 2.85. The number of amidine groups is 1. The molecule has 0 aliphatic heterocycles. The van der Waals surface area contributed by atoms with Gasteiger partial charge in [-0.2, -0.15) is 0 Å². The van der Waals surface area contributed by atoms with Gasteiger partial charge in [0.25, 0.3) is 5.91 Å². The smallest absolute Gasteiger partial charge is 0.258 e. The lowest BCUT2D eigenvalue weighted by atomic mass is 10.1. The van der Waals surface area contributed by atoms with Crippen LogP contribution in [0.25, 0.3) is 11.0 Å². The summed E-state index contributed by atoms with van der Waals surface area (Å²) >= 11 is 0. The van der Waals surface area contributed by atoms with E-state index in [1.54, 1.807) is 18.5 Å². The van der Waals surface area contributed by atoms with Crippen LogP contribution in [0.4, 0.5) is 11.5 Å². The van der Waals surface area contributed by atoms with E-state index in [0.717, 1.165) is 16.5 Å². The third-order valence-corrected chi connectivity index (χ3v) is 4.27. The third-order valence-electron chi connectivity index (χ3n) is 4.27. The lowest BCUT2D eigenvalue weighted by Crippen LogP contribution is -2.19. The fourth-order valence-corrected chi connectivity index (χ4v) is 2.94. The first-order valence-corrected chi connectivity index (χ1v) is 9.20. The number of rotatable bonds is 5. The molecule has 4 aromatic rings. The molecule has 0 bridgehead atoms. The van der Waals surface area contributed by atoms with E-state index >= 15 is 0 Å². The van der Waals surface area contributed by atoms with Crippen molar-refractivity contribution < 1.29 is 9.21 Å². The van der Waals surface area contributed by atoms with Crippen molar-refractivity contribution in [2.75, 3.05) is 17.2 Å². The molecule has 0 unspecified atom stereocenters. The number of aliphatic imine (C=N–C) groups is 1. The number of furan rings is 1. The van der Waals surface area contributed by atoms with Gasteiger partial charge in [0.1, 0.15) is 11.4 Å². The Balaban J connectivity index is 1.63. The van der Waals surface area contributed by atoms with Crippen molar-refractivity contribution in [2.45, 2.75) is 6.92 Å². The van der Waals surface area contributed by atoms with E-state index in [1.165, 1.54) is 12.4 Å². The van der Waals surface area contributed by atoms with E-state index in [9.17, 15) is 4.79 Å². The number of amides is 1. The zero-order valence-corrected chi connectivity index (χ0v) is 15.8. The van der Waals surface area contributed by atoms with Gasteiger partial charge in [-0.3, -0.25) is 14.8 Å². The first-order valence-electron chi connectivity index (χ1n) is 9.20. The Bertz CT molecular complexity index is 1170. The Morgan fingerprint density at radius 3 is 2.83 bits per heavy atom. The monoisotopic (exact) mass is 385 g/mol. The summed E-state index contributed by atoms with van der Waals surface area (Å²) in [7, 11) is 0. The highest BCUT2D eigenvalue weighted by atomic mass is 16.3. The summed E-state index contributed by atoms with van der Waals surface area (Å²) in [4.78, 5) is 25.4. The van der Waals surface area contributed by atoms with Crippen LogP contribution in [0, 0.1) is 0 Å². The molecule has 2 N–H and O–H groups in total. The number of nitrogens with one attached hydrogen (secondary N) is 2. The van der Waals surface area contributed by atoms with Gasteiger partial charge < -0.3 is 15.1 Å². The highest BCUT2D eigenvalue weighted by molar-refractivity contribution is 6.14. The summed E-state index contributed by atoms with van der Waals surface area (Å²) in [5.74, 6) is 0.783. The molecule has 144 valence electrons. The number of nitrogens with zero attached hydrogens (tertiary/aromatic N) is 3. The predicted octanol–water partition coefficient (Wildman–Crippen LogP) is 4.35. The summed E-state index contributed by atoms with van der Waals surface area (Å²) in [6, 6.07) is 15.0. The van der Waals surface area contributed by atoms with Gasteiger partial charge in [0.2, 0.25) is 0 Å². The van der Waals surface area contributed by atoms with Crippen molar-refractivity contribution in [3.8, 4) is 0 Å². The van der Waals surface area contributed by atoms with E-state index in [2.05, 4.69) is 25.6 Å². The number of carbonyl (C=O) groups is 1.